The zero-order valence-electron chi connectivity index (χ0n) is 10.2. The molecule has 1 heterocycles. The number of alkyl halides is 3. The standard InChI is InChI=1S/C12H11ClF3N3O/c13-10-6-8(12(14,15)16)3-4-11(10)19-7-9(17-18-19)2-1-5-20/h3-4,6-7,20H,1-2,5H2. The second kappa shape index (κ2) is 5.80. The van der Waals surface area contributed by atoms with Gasteiger partial charge in [0.25, 0.3) is 0 Å². The number of aliphatic hydroxyl groups excluding tert-OH is 1. The van der Waals surface area contributed by atoms with Gasteiger partial charge < -0.3 is 5.11 Å². The fraction of sp³-hybridized carbons (Fsp3) is 0.333. The van der Waals surface area contributed by atoms with Gasteiger partial charge >= 0.3 is 6.18 Å². The molecule has 0 radical (unpaired) electrons. The van der Waals surface area contributed by atoms with Crippen molar-refractivity contribution in [2.45, 2.75) is 19.0 Å². The number of benzene rings is 1. The van der Waals surface area contributed by atoms with Crippen molar-refractivity contribution in [3.05, 3.63) is 40.7 Å². The molecule has 1 N–H and O–H groups in total. The summed E-state index contributed by atoms with van der Waals surface area (Å²) in [6, 6.07) is 3.04. The second-order valence-electron chi connectivity index (χ2n) is 4.15. The normalized spacial score (nSPS) is 11.8. The third-order valence-corrected chi connectivity index (χ3v) is 2.96. The Morgan fingerprint density at radius 3 is 2.65 bits per heavy atom. The van der Waals surface area contributed by atoms with Crippen molar-refractivity contribution in [3.8, 4) is 5.69 Å². The number of hydrogen-bond donors (Lipinski definition) is 1. The zero-order chi connectivity index (χ0) is 14.8. The first-order valence-electron chi connectivity index (χ1n) is 5.81. The average Bonchev–Trinajstić information content (AvgIpc) is 2.83. The molecule has 0 bridgehead atoms. The minimum absolute atomic E-state index is 0.0356. The summed E-state index contributed by atoms with van der Waals surface area (Å²) >= 11 is 5.85. The van der Waals surface area contributed by atoms with Crippen LogP contribution >= 0.6 is 11.6 Å². The van der Waals surface area contributed by atoms with Crippen molar-refractivity contribution in [2.24, 2.45) is 0 Å². The van der Waals surface area contributed by atoms with Crippen LogP contribution in [0.15, 0.2) is 24.4 Å². The molecule has 2 rings (SSSR count). The van der Waals surface area contributed by atoms with Crippen LogP contribution in [0.1, 0.15) is 17.7 Å². The smallest absolute Gasteiger partial charge is 0.396 e. The number of nitrogens with zero attached hydrogens (tertiary/aromatic N) is 3. The van der Waals surface area contributed by atoms with Gasteiger partial charge in [0.05, 0.1) is 28.2 Å². The molecule has 0 saturated heterocycles. The Balaban J connectivity index is 2.27. The first-order chi connectivity index (χ1) is 9.41. The molecule has 1 aromatic carbocycles. The molecule has 0 aliphatic heterocycles. The van der Waals surface area contributed by atoms with Crippen LogP contribution in [0.25, 0.3) is 5.69 Å². The van der Waals surface area contributed by atoms with Gasteiger partial charge in [-0.2, -0.15) is 13.2 Å². The number of aryl methyl sites for hydroxylation is 1. The van der Waals surface area contributed by atoms with Crippen LogP contribution < -0.4 is 0 Å². The van der Waals surface area contributed by atoms with Crippen LogP contribution in [0, 0.1) is 0 Å². The van der Waals surface area contributed by atoms with E-state index in [0.29, 0.717) is 24.2 Å². The van der Waals surface area contributed by atoms with Crippen LogP contribution in [-0.4, -0.2) is 26.7 Å². The third kappa shape index (κ3) is 3.29. The minimum atomic E-state index is -4.43. The first kappa shape index (κ1) is 14.8. The molecule has 20 heavy (non-hydrogen) atoms. The maximum atomic E-state index is 12.5. The Bertz CT molecular complexity index is 598. The Kier molecular flexibility index (Phi) is 4.29. The van der Waals surface area contributed by atoms with Crippen LogP contribution in [-0.2, 0) is 12.6 Å². The largest absolute Gasteiger partial charge is 0.416 e. The summed E-state index contributed by atoms with van der Waals surface area (Å²) in [6.07, 6.45) is -1.78. The lowest BCUT2D eigenvalue weighted by Gasteiger charge is -2.09. The molecule has 8 heteroatoms. The lowest BCUT2D eigenvalue weighted by atomic mass is 10.2. The van der Waals surface area contributed by atoms with E-state index >= 15 is 0 Å². The molecule has 1 aromatic heterocycles. The molecular formula is C12H11ClF3N3O. The highest BCUT2D eigenvalue weighted by Crippen LogP contribution is 2.32. The highest BCUT2D eigenvalue weighted by molar-refractivity contribution is 6.32. The van der Waals surface area contributed by atoms with Crippen LogP contribution in [0.4, 0.5) is 13.2 Å². The SMILES string of the molecule is OCCCc1cn(-c2ccc(C(F)(F)F)cc2Cl)nn1. The third-order valence-electron chi connectivity index (χ3n) is 2.65. The maximum absolute atomic E-state index is 12.5. The summed E-state index contributed by atoms with van der Waals surface area (Å²) in [6.45, 7) is 0.0356. The van der Waals surface area contributed by atoms with E-state index in [2.05, 4.69) is 10.3 Å². The van der Waals surface area contributed by atoms with Crippen molar-refractivity contribution in [1.82, 2.24) is 15.0 Å². The van der Waals surface area contributed by atoms with Crippen molar-refractivity contribution in [1.29, 1.82) is 0 Å². The number of aliphatic hydroxyl groups is 1. The van der Waals surface area contributed by atoms with E-state index in [0.717, 1.165) is 12.1 Å². The molecule has 0 unspecified atom stereocenters. The Hall–Kier alpha value is -1.60. The molecule has 0 amide bonds. The number of aromatic nitrogens is 3. The topological polar surface area (TPSA) is 50.9 Å². The summed E-state index contributed by atoms with van der Waals surface area (Å²) in [7, 11) is 0. The van der Waals surface area contributed by atoms with Gasteiger partial charge in [0, 0.05) is 6.61 Å². The molecular weight excluding hydrogens is 295 g/mol. The van der Waals surface area contributed by atoms with Crippen molar-refractivity contribution in [2.75, 3.05) is 6.61 Å². The average molecular weight is 306 g/mol. The van der Waals surface area contributed by atoms with E-state index in [1.165, 1.54) is 10.7 Å². The summed E-state index contributed by atoms with van der Waals surface area (Å²) in [5.74, 6) is 0. The second-order valence-corrected chi connectivity index (χ2v) is 4.55. The molecule has 0 aliphatic rings. The van der Waals surface area contributed by atoms with E-state index in [-0.39, 0.29) is 11.6 Å². The predicted octanol–water partition coefficient (Wildman–Crippen LogP) is 2.86. The fourth-order valence-electron chi connectivity index (χ4n) is 1.66. The zero-order valence-corrected chi connectivity index (χ0v) is 11.0. The molecule has 0 spiro atoms. The van der Waals surface area contributed by atoms with Crippen LogP contribution in [0.2, 0.25) is 5.02 Å². The van der Waals surface area contributed by atoms with E-state index in [9.17, 15) is 13.2 Å². The summed E-state index contributed by atoms with van der Waals surface area (Å²) in [5.41, 5.74) is 0.143. The van der Waals surface area contributed by atoms with E-state index in [1.54, 1.807) is 6.20 Å². The number of halogens is 4. The van der Waals surface area contributed by atoms with E-state index in [4.69, 9.17) is 16.7 Å². The molecule has 108 valence electrons. The van der Waals surface area contributed by atoms with Crippen molar-refractivity contribution < 1.29 is 18.3 Å². The van der Waals surface area contributed by atoms with Crippen LogP contribution in [0.5, 0.6) is 0 Å². The fourth-order valence-corrected chi connectivity index (χ4v) is 1.93. The highest BCUT2D eigenvalue weighted by atomic mass is 35.5. The molecule has 0 saturated carbocycles. The van der Waals surface area contributed by atoms with Gasteiger partial charge in [-0.15, -0.1) is 5.10 Å². The van der Waals surface area contributed by atoms with Gasteiger partial charge in [0.1, 0.15) is 0 Å². The van der Waals surface area contributed by atoms with Gasteiger partial charge in [-0.05, 0) is 31.0 Å². The first-order valence-corrected chi connectivity index (χ1v) is 6.19. The molecule has 0 atom stereocenters. The van der Waals surface area contributed by atoms with Crippen molar-refractivity contribution in [3.63, 3.8) is 0 Å². The minimum Gasteiger partial charge on any atom is -0.396 e. The molecule has 0 fully saturated rings. The Morgan fingerprint density at radius 1 is 1.30 bits per heavy atom. The molecule has 4 nitrogen and oxygen atoms in total. The van der Waals surface area contributed by atoms with E-state index < -0.39 is 11.7 Å². The lowest BCUT2D eigenvalue weighted by Crippen LogP contribution is -2.06. The van der Waals surface area contributed by atoms with E-state index in [1.807, 2.05) is 0 Å². The number of hydrogen-bond acceptors (Lipinski definition) is 3. The Labute approximate surface area is 117 Å². The quantitative estimate of drug-likeness (QED) is 0.945. The predicted molar refractivity (Wildman–Crippen MR) is 66.8 cm³/mol. The van der Waals surface area contributed by atoms with Gasteiger partial charge in [0.15, 0.2) is 0 Å². The molecule has 0 aliphatic carbocycles. The van der Waals surface area contributed by atoms with Crippen LogP contribution in [0.3, 0.4) is 0 Å². The molecule has 2 aromatic rings. The summed E-state index contributed by atoms with van der Waals surface area (Å²) in [5, 5.41) is 16.3. The summed E-state index contributed by atoms with van der Waals surface area (Å²) < 4.78 is 38.9. The highest BCUT2D eigenvalue weighted by Gasteiger charge is 2.31. The monoisotopic (exact) mass is 305 g/mol. The van der Waals surface area contributed by atoms with Crippen molar-refractivity contribution >= 4 is 11.6 Å². The lowest BCUT2D eigenvalue weighted by molar-refractivity contribution is -0.137. The summed E-state index contributed by atoms with van der Waals surface area (Å²) in [4.78, 5) is 0. The Morgan fingerprint density at radius 2 is 2.05 bits per heavy atom. The van der Waals surface area contributed by atoms with Gasteiger partial charge in [-0.25, -0.2) is 4.68 Å². The van der Waals surface area contributed by atoms with Gasteiger partial charge in [-0.1, -0.05) is 16.8 Å². The number of rotatable bonds is 4. The maximum Gasteiger partial charge on any atom is 0.416 e. The van der Waals surface area contributed by atoms with Gasteiger partial charge in [-0.3, -0.25) is 0 Å². The van der Waals surface area contributed by atoms with Gasteiger partial charge in [0.2, 0.25) is 0 Å².